The molecule has 0 unspecified atom stereocenters. The van der Waals surface area contributed by atoms with Crippen molar-refractivity contribution in [2.75, 3.05) is 0 Å². The molecular weight excluding hydrogens is 546 g/mol. The zero-order valence-electron chi connectivity index (χ0n) is 24.4. The van der Waals surface area contributed by atoms with Gasteiger partial charge in [-0.3, -0.25) is 0 Å². The van der Waals surface area contributed by atoms with Gasteiger partial charge in [-0.25, -0.2) is 0 Å². The maximum atomic E-state index is 2.42. The van der Waals surface area contributed by atoms with Gasteiger partial charge in [-0.15, -0.1) is 0 Å². The maximum absolute atomic E-state index is 2.42. The van der Waals surface area contributed by atoms with Crippen LogP contribution in [-0.2, 0) is 0 Å². The Kier molecular flexibility index (Phi) is 5.00. The smallest absolute Gasteiger partial charge is 0.0547 e. The zero-order valence-corrected chi connectivity index (χ0v) is 24.4. The lowest BCUT2D eigenvalue weighted by atomic mass is 10.0. The fraction of sp³-hybridized carbons (Fsp3) is 0. The van der Waals surface area contributed by atoms with Crippen LogP contribution in [0.3, 0.4) is 0 Å². The Balaban J connectivity index is 1.17. The first-order valence-corrected chi connectivity index (χ1v) is 15.4. The molecule has 3 heteroatoms. The number of para-hydroxylation sites is 4. The highest BCUT2D eigenvalue weighted by atomic mass is 15.0. The van der Waals surface area contributed by atoms with E-state index in [1.54, 1.807) is 0 Å². The minimum atomic E-state index is 1.15. The molecule has 0 amide bonds. The van der Waals surface area contributed by atoms with E-state index in [0.29, 0.717) is 0 Å². The maximum Gasteiger partial charge on any atom is 0.0547 e. The molecule has 10 aromatic rings. The number of hydrogen-bond acceptors (Lipinski definition) is 0. The normalized spacial score (nSPS) is 12.0. The van der Waals surface area contributed by atoms with Crippen molar-refractivity contribution >= 4 is 65.3 Å². The van der Waals surface area contributed by atoms with E-state index in [1.165, 1.54) is 71.0 Å². The van der Waals surface area contributed by atoms with Crippen molar-refractivity contribution in [2.45, 2.75) is 0 Å². The Morgan fingerprint density at radius 3 is 1.40 bits per heavy atom. The summed E-state index contributed by atoms with van der Waals surface area (Å²) in [5.74, 6) is 0. The minimum absolute atomic E-state index is 1.15. The van der Waals surface area contributed by atoms with E-state index in [2.05, 4.69) is 178 Å². The number of fused-ring (bicyclic) bond motifs is 8. The van der Waals surface area contributed by atoms with Gasteiger partial charge in [0.15, 0.2) is 0 Å². The van der Waals surface area contributed by atoms with Gasteiger partial charge >= 0.3 is 0 Å². The summed E-state index contributed by atoms with van der Waals surface area (Å²) < 4.78 is 7.07. The Labute approximate surface area is 259 Å². The molecule has 3 heterocycles. The third kappa shape index (κ3) is 3.52. The fourth-order valence-corrected chi connectivity index (χ4v) is 7.39. The molecule has 45 heavy (non-hydrogen) atoms. The monoisotopic (exact) mass is 573 g/mol. The van der Waals surface area contributed by atoms with Gasteiger partial charge in [0, 0.05) is 50.2 Å². The van der Waals surface area contributed by atoms with Gasteiger partial charge in [0.1, 0.15) is 0 Å². The Hall–Kier alpha value is -6.06. The van der Waals surface area contributed by atoms with Gasteiger partial charge in [-0.2, -0.15) is 0 Å². The van der Waals surface area contributed by atoms with E-state index >= 15 is 0 Å². The number of rotatable bonds is 3. The van der Waals surface area contributed by atoms with Gasteiger partial charge in [0.2, 0.25) is 0 Å². The van der Waals surface area contributed by atoms with Crippen LogP contribution in [0.1, 0.15) is 0 Å². The van der Waals surface area contributed by atoms with Crippen LogP contribution in [0.5, 0.6) is 0 Å². The van der Waals surface area contributed by atoms with Crippen molar-refractivity contribution in [3.05, 3.63) is 164 Å². The van der Waals surface area contributed by atoms with Crippen molar-refractivity contribution in [3.8, 4) is 17.1 Å². The minimum Gasteiger partial charge on any atom is -0.317 e. The van der Waals surface area contributed by atoms with E-state index in [1.807, 2.05) is 0 Å². The second-order valence-corrected chi connectivity index (χ2v) is 11.9. The van der Waals surface area contributed by atoms with Crippen LogP contribution in [0.2, 0.25) is 0 Å². The first kappa shape index (κ1) is 24.4. The average Bonchev–Trinajstić information content (AvgIpc) is 3.76. The Morgan fingerprint density at radius 1 is 0.289 bits per heavy atom. The van der Waals surface area contributed by atoms with E-state index < -0.39 is 0 Å². The number of aromatic nitrogens is 3. The first-order valence-electron chi connectivity index (χ1n) is 15.4. The molecule has 0 N–H and O–H groups in total. The van der Waals surface area contributed by atoms with Crippen LogP contribution in [0, 0.1) is 0 Å². The quantitative estimate of drug-likeness (QED) is 0.200. The van der Waals surface area contributed by atoms with Crippen molar-refractivity contribution in [2.24, 2.45) is 0 Å². The second-order valence-electron chi connectivity index (χ2n) is 11.9. The van der Waals surface area contributed by atoms with Gasteiger partial charge in [-0.05, 0) is 95.7 Å². The molecule has 0 atom stereocenters. The van der Waals surface area contributed by atoms with Crippen molar-refractivity contribution in [1.29, 1.82) is 0 Å². The summed E-state index contributed by atoms with van der Waals surface area (Å²) in [6, 6.07) is 57.4. The Morgan fingerprint density at radius 2 is 0.778 bits per heavy atom. The molecule has 210 valence electrons. The Bertz CT molecular complexity index is 2690. The summed E-state index contributed by atoms with van der Waals surface area (Å²) >= 11 is 0. The highest BCUT2D eigenvalue weighted by molar-refractivity contribution is 6.15. The van der Waals surface area contributed by atoms with E-state index in [0.717, 1.165) is 11.4 Å². The molecule has 0 fully saturated rings. The predicted molar refractivity (Wildman–Crippen MR) is 189 cm³/mol. The number of benzene rings is 7. The van der Waals surface area contributed by atoms with Gasteiger partial charge in [0.05, 0.1) is 27.6 Å². The third-order valence-corrected chi connectivity index (χ3v) is 9.42. The molecule has 0 bridgehead atoms. The van der Waals surface area contributed by atoms with Crippen molar-refractivity contribution in [3.63, 3.8) is 0 Å². The van der Waals surface area contributed by atoms with Crippen LogP contribution >= 0.6 is 0 Å². The van der Waals surface area contributed by atoms with Crippen LogP contribution in [-0.4, -0.2) is 13.7 Å². The fourth-order valence-electron chi connectivity index (χ4n) is 7.39. The van der Waals surface area contributed by atoms with Crippen LogP contribution in [0.4, 0.5) is 0 Å². The summed E-state index contributed by atoms with van der Waals surface area (Å²) in [4.78, 5) is 0. The molecular formula is C42H27N3. The molecule has 0 saturated carbocycles. The van der Waals surface area contributed by atoms with E-state index in [-0.39, 0.29) is 0 Å². The number of hydrogen-bond donors (Lipinski definition) is 0. The SMILES string of the molecule is c1ccc(-n2ccc3cc4cc5c(cc4cc32)c2ccccc2n5-c2ccc(-n3c4ccccc4c4ccccc43)cc2)cc1. The standard InChI is InChI=1S/C42H27N3/c1-2-10-31(11-3-1)43-23-22-28-24-29-27-42-37(25-30(29)26-41(28)43)36-14-6-9-17-40(36)45(42)33-20-18-32(19-21-33)44-38-15-7-4-12-34(38)35-13-5-8-16-39(35)44/h1-27H. The zero-order chi connectivity index (χ0) is 29.5. The molecule has 0 spiro atoms. The van der Waals surface area contributed by atoms with Crippen LogP contribution in [0.15, 0.2) is 164 Å². The molecule has 3 aromatic heterocycles. The molecule has 0 aliphatic carbocycles. The van der Waals surface area contributed by atoms with E-state index in [9.17, 15) is 0 Å². The third-order valence-electron chi connectivity index (χ3n) is 9.42. The molecule has 3 nitrogen and oxygen atoms in total. The molecule has 7 aromatic carbocycles. The molecule has 0 saturated heterocycles. The number of nitrogens with zero attached hydrogens (tertiary/aromatic N) is 3. The summed E-state index contributed by atoms with van der Waals surface area (Å²) in [6.45, 7) is 0. The highest BCUT2D eigenvalue weighted by Gasteiger charge is 2.16. The summed E-state index contributed by atoms with van der Waals surface area (Å²) in [5.41, 5.74) is 9.59. The van der Waals surface area contributed by atoms with Crippen molar-refractivity contribution in [1.82, 2.24) is 13.7 Å². The topological polar surface area (TPSA) is 14.8 Å². The molecule has 0 radical (unpaired) electrons. The highest BCUT2D eigenvalue weighted by Crippen LogP contribution is 2.37. The lowest BCUT2D eigenvalue weighted by Crippen LogP contribution is -1.97. The first-order chi connectivity index (χ1) is 22.3. The molecule has 10 rings (SSSR count). The largest absolute Gasteiger partial charge is 0.317 e. The summed E-state index contributed by atoms with van der Waals surface area (Å²) in [6.07, 6.45) is 2.17. The molecule has 0 aliphatic rings. The van der Waals surface area contributed by atoms with Gasteiger partial charge < -0.3 is 13.7 Å². The second kappa shape index (κ2) is 9.22. The molecule has 0 aliphatic heterocycles. The van der Waals surface area contributed by atoms with Crippen LogP contribution < -0.4 is 0 Å². The predicted octanol–water partition coefficient (Wildman–Crippen LogP) is 11.0. The van der Waals surface area contributed by atoms with Crippen molar-refractivity contribution < 1.29 is 0 Å². The lowest BCUT2D eigenvalue weighted by molar-refractivity contribution is 1.13. The summed E-state index contributed by atoms with van der Waals surface area (Å²) in [5, 5.41) is 8.81. The lowest BCUT2D eigenvalue weighted by Gasteiger charge is -2.12. The van der Waals surface area contributed by atoms with Gasteiger partial charge in [-0.1, -0.05) is 72.8 Å². The van der Waals surface area contributed by atoms with Crippen LogP contribution in [0.25, 0.3) is 82.3 Å². The summed E-state index contributed by atoms with van der Waals surface area (Å²) in [7, 11) is 0. The average molecular weight is 574 g/mol. The van der Waals surface area contributed by atoms with E-state index in [4.69, 9.17) is 0 Å². The van der Waals surface area contributed by atoms with Gasteiger partial charge in [0.25, 0.3) is 0 Å².